The van der Waals surface area contributed by atoms with Crippen LogP contribution >= 0.6 is 0 Å². The molecule has 0 amide bonds. The van der Waals surface area contributed by atoms with Crippen molar-refractivity contribution in [3.8, 4) is 11.1 Å². The molecule has 2 rings (SSSR count). The summed E-state index contributed by atoms with van der Waals surface area (Å²) in [5, 5.41) is 0. The largest absolute Gasteiger partial charge is 0.0614 e. The van der Waals surface area contributed by atoms with Crippen LogP contribution in [0.15, 0.2) is 30.3 Å². The summed E-state index contributed by atoms with van der Waals surface area (Å²) in [5.74, 6) is 0.593. The van der Waals surface area contributed by atoms with E-state index in [4.69, 9.17) is 0 Å². The molecule has 0 N–H and O–H groups in total. The van der Waals surface area contributed by atoms with Gasteiger partial charge in [0.25, 0.3) is 0 Å². The van der Waals surface area contributed by atoms with Gasteiger partial charge in [0.15, 0.2) is 0 Å². The fourth-order valence-corrected chi connectivity index (χ4v) is 2.01. The van der Waals surface area contributed by atoms with Gasteiger partial charge in [-0.25, -0.2) is 0 Å². The zero-order valence-electron chi connectivity index (χ0n) is 9.96. The highest BCUT2D eigenvalue weighted by Gasteiger charge is 2.09. The molecule has 0 saturated carbocycles. The van der Waals surface area contributed by atoms with E-state index in [-0.39, 0.29) is 0 Å². The summed E-state index contributed by atoms with van der Waals surface area (Å²) in [6.07, 6.45) is 0. The summed E-state index contributed by atoms with van der Waals surface area (Å²) in [7, 11) is 0. The smallest absolute Gasteiger partial charge is 0.0149 e. The standard InChI is InChI=1S/C15H18/c1-10(2)13-6-5-7-14-8-11(3)12(4)15(14)9-13/h5-10H,1-4H3. The molecule has 78 valence electrons. The molecule has 0 nitrogen and oxygen atoms in total. The van der Waals surface area contributed by atoms with Gasteiger partial charge in [0, 0.05) is 0 Å². The minimum atomic E-state index is 0.593. The molecular formula is C15H18. The first kappa shape index (κ1) is 10.2. The van der Waals surface area contributed by atoms with Gasteiger partial charge in [-0.3, -0.25) is 0 Å². The third-order valence-electron chi connectivity index (χ3n) is 3.22. The highest BCUT2D eigenvalue weighted by Crippen LogP contribution is 2.31. The number of aryl methyl sites for hydroxylation is 1. The molecule has 0 aromatic heterocycles. The zero-order chi connectivity index (χ0) is 11.0. The van der Waals surface area contributed by atoms with Gasteiger partial charge in [-0.1, -0.05) is 44.2 Å². The van der Waals surface area contributed by atoms with Gasteiger partial charge in [-0.2, -0.15) is 0 Å². The minimum Gasteiger partial charge on any atom is -0.0614 e. The van der Waals surface area contributed by atoms with Crippen LogP contribution in [0.2, 0.25) is 0 Å². The van der Waals surface area contributed by atoms with E-state index in [9.17, 15) is 0 Å². The Morgan fingerprint density at radius 2 is 1.73 bits per heavy atom. The number of hydrogen-bond acceptors (Lipinski definition) is 0. The lowest BCUT2D eigenvalue weighted by atomic mass is 10.0. The summed E-state index contributed by atoms with van der Waals surface area (Å²) in [6, 6.07) is 11.2. The van der Waals surface area contributed by atoms with Crippen molar-refractivity contribution in [2.24, 2.45) is 0 Å². The minimum absolute atomic E-state index is 0.593. The van der Waals surface area contributed by atoms with Crippen molar-refractivity contribution in [1.82, 2.24) is 0 Å². The number of hydrogen-bond donors (Lipinski definition) is 0. The van der Waals surface area contributed by atoms with Crippen LogP contribution < -0.4 is 0 Å². The van der Waals surface area contributed by atoms with E-state index in [0.717, 1.165) is 0 Å². The highest BCUT2D eigenvalue weighted by molar-refractivity contribution is 5.73. The van der Waals surface area contributed by atoms with Crippen LogP contribution in [0.5, 0.6) is 0 Å². The number of rotatable bonds is 1. The quantitative estimate of drug-likeness (QED) is 0.631. The van der Waals surface area contributed by atoms with Crippen molar-refractivity contribution >= 4 is 0 Å². The van der Waals surface area contributed by atoms with Gasteiger partial charge in [0.05, 0.1) is 0 Å². The molecule has 2 aliphatic rings. The summed E-state index contributed by atoms with van der Waals surface area (Å²) < 4.78 is 0. The molecule has 0 saturated heterocycles. The van der Waals surface area contributed by atoms with E-state index in [1.165, 1.54) is 27.8 Å². The molecule has 0 heteroatoms. The van der Waals surface area contributed by atoms with Crippen molar-refractivity contribution in [3.63, 3.8) is 0 Å². The van der Waals surface area contributed by atoms with Gasteiger partial charge in [0.1, 0.15) is 0 Å². The maximum atomic E-state index is 2.34. The molecule has 0 aromatic carbocycles. The van der Waals surface area contributed by atoms with Crippen molar-refractivity contribution in [2.75, 3.05) is 0 Å². The van der Waals surface area contributed by atoms with Crippen molar-refractivity contribution in [2.45, 2.75) is 33.6 Å². The lowest BCUT2D eigenvalue weighted by Crippen LogP contribution is -1.84. The van der Waals surface area contributed by atoms with Crippen LogP contribution in [-0.2, 0) is 0 Å². The average molecular weight is 198 g/mol. The Hall–Kier alpha value is -1.30. The first-order chi connectivity index (χ1) is 7.09. The maximum absolute atomic E-state index is 2.34. The van der Waals surface area contributed by atoms with Crippen molar-refractivity contribution < 1.29 is 0 Å². The molecule has 0 heterocycles. The molecule has 0 fully saturated rings. The van der Waals surface area contributed by atoms with E-state index in [1.54, 1.807) is 0 Å². The van der Waals surface area contributed by atoms with Crippen LogP contribution in [0.4, 0.5) is 0 Å². The first-order valence-electron chi connectivity index (χ1n) is 5.59. The molecule has 2 aliphatic carbocycles. The Labute approximate surface area is 92.3 Å². The lowest BCUT2D eigenvalue weighted by molar-refractivity contribution is 0.868. The Kier molecular flexibility index (Phi) is 2.52. The predicted molar refractivity (Wildman–Crippen MR) is 66.6 cm³/mol. The molecule has 0 bridgehead atoms. The van der Waals surface area contributed by atoms with Gasteiger partial charge < -0.3 is 0 Å². The molecule has 0 unspecified atom stereocenters. The van der Waals surface area contributed by atoms with Crippen LogP contribution in [0.25, 0.3) is 11.1 Å². The van der Waals surface area contributed by atoms with Crippen LogP contribution in [-0.4, -0.2) is 0 Å². The molecule has 0 spiro atoms. The summed E-state index contributed by atoms with van der Waals surface area (Å²) in [5.41, 5.74) is 6.99. The van der Waals surface area contributed by atoms with Crippen molar-refractivity contribution in [3.05, 3.63) is 47.0 Å². The van der Waals surface area contributed by atoms with Gasteiger partial charge in [-0.05, 0) is 47.6 Å². The van der Waals surface area contributed by atoms with Gasteiger partial charge in [-0.15, -0.1) is 0 Å². The van der Waals surface area contributed by atoms with E-state index < -0.39 is 0 Å². The zero-order valence-corrected chi connectivity index (χ0v) is 9.96. The van der Waals surface area contributed by atoms with Crippen molar-refractivity contribution in [1.29, 1.82) is 0 Å². The summed E-state index contributed by atoms with van der Waals surface area (Å²) in [6.45, 7) is 8.88. The normalized spacial score (nSPS) is 11.3. The Bertz CT molecular complexity index is 452. The fraction of sp³-hybridized carbons (Fsp3) is 0.333. The first-order valence-corrected chi connectivity index (χ1v) is 5.59. The molecular weight excluding hydrogens is 180 g/mol. The highest BCUT2D eigenvalue weighted by atomic mass is 14.1. The molecule has 0 aliphatic heterocycles. The number of fused-ring (bicyclic) bond motifs is 1. The molecule has 0 aromatic rings. The second-order valence-corrected chi connectivity index (χ2v) is 4.65. The third kappa shape index (κ3) is 1.77. The summed E-state index contributed by atoms with van der Waals surface area (Å²) in [4.78, 5) is 0. The van der Waals surface area contributed by atoms with E-state index in [2.05, 4.69) is 58.0 Å². The lowest BCUT2D eigenvalue weighted by Gasteiger charge is -2.03. The average Bonchev–Trinajstić information content (AvgIpc) is 2.41. The molecule has 0 radical (unpaired) electrons. The maximum Gasteiger partial charge on any atom is -0.0149 e. The monoisotopic (exact) mass is 198 g/mol. The predicted octanol–water partition coefficient (Wildman–Crippen LogP) is 4.53. The van der Waals surface area contributed by atoms with Crippen LogP contribution in [0.3, 0.4) is 0 Å². The second-order valence-electron chi connectivity index (χ2n) is 4.65. The van der Waals surface area contributed by atoms with Crippen LogP contribution in [0.1, 0.15) is 36.5 Å². The summed E-state index contributed by atoms with van der Waals surface area (Å²) >= 11 is 0. The molecule has 0 atom stereocenters. The second kappa shape index (κ2) is 3.69. The van der Waals surface area contributed by atoms with Gasteiger partial charge >= 0.3 is 0 Å². The van der Waals surface area contributed by atoms with E-state index >= 15 is 0 Å². The van der Waals surface area contributed by atoms with E-state index in [0.29, 0.717) is 5.92 Å². The van der Waals surface area contributed by atoms with E-state index in [1.807, 2.05) is 0 Å². The third-order valence-corrected chi connectivity index (χ3v) is 3.22. The topological polar surface area (TPSA) is 0 Å². The Balaban J connectivity index is 2.69. The SMILES string of the molecule is Cc1cc2cccc(C(C)C)cc-2c1C. The molecule has 15 heavy (non-hydrogen) atoms. The Morgan fingerprint density at radius 3 is 2.40 bits per heavy atom. The Morgan fingerprint density at radius 1 is 1.00 bits per heavy atom. The van der Waals surface area contributed by atoms with Gasteiger partial charge in [0.2, 0.25) is 0 Å². The fourth-order valence-electron chi connectivity index (χ4n) is 2.01. The van der Waals surface area contributed by atoms with Crippen LogP contribution in [0, 0.1) is 13.8 Å².